The van der Waals surface area contributed by atoms with Crippen molar-refractivity contribution in [1.82, 2.24) is 0 Å². The van der Waals surface area contributed by atoms with Crippen LogP contribution in [0.1, 0.15) is 12.0 Å². The molecular weight excluding hydrogens is 251 g/mol. The van der Waals surface area contributed by atoms with Gasteiger partial charge in [-0.2, -0.15) is 0 Å². The van der Waals surface area contributed by atoms with E-state index in [0.717, 1.165) is 17.6 Å². The predicted octanol–water partition coefficient (Wildman–Crippen LogP) is 4.69. The van der Waals surface area contributed by atoms with Crippen molar-refractivity contribution in [1.29, 1.82) is 0 Å². The molecule has 4 heteroatoms. The van der Waals surface area contributed by atoms with Gasteiger partial charge in [-0.15, -0.1) is 0 Å². The summed E-state index contributed by atoms with van der Waals surface area (Å²) < 4.78 is 5.18. The molecular formula is C11H12Cl2OS. The van der Waals surface area contributed by atoms with Crippen LogP contribution in [-0.2, 0) is 4.18 Å². The molecule has 1 aromatic rings. The van der Waals surface area contributed by atoms with Gasteiger partial charge in [-0.25, -0.2) is 0 Å². The van der Waals surface area contributed by atoms with Crippen LogP contribution < -0.4 is 0 Å². The summed E-state index contributed by atoms with van der Waals surface area (Å²) in [6, 6.07) is 5.51. The SMILES string of the molecule is C=C(CCOSC)c1ccc(Cl)c(Cl)c1. The normalized spacial score (nSPS) is 10.3. The number of halogens is 2. The molecule has 0 amide bonds. The number of hydrogen-bond acceptors (Lipinski definition) is 2. The average Bonchev–Trinajstić information content (AvgIpc) is 2.22. The number of hydrogen-bond donors (Lipinski definition) is 0. The summed E-state index contributed by atoms with van der Waals surface area (Å²) in [4.78, 5) is 0. The molecule has 1 rings (SSSR count). The number of rotatable bonds is 5. The highest BCUT2D eigenvalue weighted by Crippen LogP contribution is 2.26. The molecule has 0 aliphatic heterocycles. The van der Waals surface area contributed by atoms with E-state index >= 15 is 0 Å². The molecule has 0 bridgehead atoms. The topological polar surface area (TPSA) is 9.23 Å². The number of benzene rings is 1. The molecule has 82 valence electrons. The van der Waals surface area contributed by atoms with E-state index < -0.39 is 0 Å². The van der Waals surface area contributed by atoms with Gasteiger partial charge in [0, 0.05) is 6.26 Å². The van der Waals surface area contributed by atoms with Crippen LogP contribution >= 0.6 is 35.2 Å². The van der Waals surface area contributed by atoms with E-state index in [-0.39, 0.29) is 0 Å². The third kappa shape index (κ3) is 4.07. The molecule has 0 aliphatic carbocycles. The molecule has 0 spiro atoms. The average molecular weight is 263 g/mol. The lowest BCUT2D eigenvalue weighted by Gasteiger charge is -2.06. The van der Waals surface area contributed by atoms with Crippen LogP contribution in [0.25, 0.3) is 5.57 Å². The first-order valence-corrected chi connectivity index (χ1v) is 6.34. The Morgan fingerprint density at radius 2 is 2.13 bits per heavy atom. The summed E-state index contributed by atoms with van der Waals surface area (Å²) in [5.41, 5.74) is 2.01. The first kappa shape index (κ1) is 12.9. The summed E-state index contributed by atoms with van der Waals surface area (Å²) in [7, 11) is 0. The zero-order valence-electron chi connectivity index (χ0n) is 8.43. The van der Waals surface area contributed by atoms with Crippen molar-refractivity contribution in [2.24, 2.45) is 0 Å². The Morgan fingerprint density at radius 1 is 1.40 bits per heavy atom. The van der Waals surface area contributed by atoms with Crippen LogP contribution in [0.5, 0.6) is 0 Å². The van der Waals surface area contributed by atoms with Crippen molar-refractivity contribution in [3.05, 3.63) is 40.4 Å². The smallest absolute Gasteiger partial charge is 0.0654 e. The molecule has 0 atom stereocenters. The van der Waals surface area contributed by atoms with Crippen molar-refractivity contribution in [2.45, 2.75) is 6.42 Å². The Kier molecular flexibility index (Phi) is 5.54. The second-order valence-corrected chi connectivity index (χ2v) is 4.35. The first-order valence-electron chi connectivity index (χ1n) is 4.44. The zero-order valence-corrected chi connectivity index (χ0v) is 10.8. The van der Waals surface area contributed by atoms with Crippen molar-refractivity contribution in [3.63, 3.8) is 0 Å². The maximum Gasteiger partial charge on any atom is 0.0654 e. The van der Waals surface area contributed by atoms with Crippen molar-refractivity contribution < 1.29 is 4.18 Å². The zero-order chi connectivity index (χ0) is 11.3. The van der Waals surface area contributed by atoms with Gasteiger partial charge in [0.1, 0.15) is 0 Å². The third-order valence-electron chi connectivity index (χ3n) is 1.93. The van der Waals surface area contributed by atoms with Crippen molar-refractivity contribution >= 4 is 40.8 Å². The lowest BCUT2D eigenvalue weighted by molar-refractivity contribution is 0.388. The molecule has 15 heavy (non-hydrogen) atoms. The van der Waals surface area contributed by atoms with Crippen LogP contribution in [0.15, 0.2) is 24.8 Å². The van der Waals surface area contributed by atoms with Crippen LogP contribution in [0.3, 0.4) is 0 Å². The summed E-state index contributed by atoms with van der Waals surface area (Å²) in [6.45, 7) is 4.63. The maximum atomic E-state index is 5.91. The van der Waals surface area contributed by atoms with E-state index in [4.69, 9.17) is 27.4 Å². The van der Waals surface area contributed by atoms with E-state index in [2.05, 4.69) is 6.58 Å². The molecule has 0 radical (unpaired) electrons. The van der Waals surface area contributed by atoms with Gasteiger partial charge >= 0.3 is 0 Å². The van der Waals surface area contributed by atoms with Crippen LogP contribution in [0.2, 0.25) is 10.0 Å². The molecule has 0 unspecified atom stereocenters. The van der Waals surface area contributed by atoms with Crippen molar-refractivity contribution in [3.8, 4) is 0 Å². The summed E-state index contributed by atoms with van der Waals surface area (Å²) in [5.74, 6) is 0. The minimum atomic E-state index is 0.557. The van der Waals surface area contributed by atoms with Gasteiger partial charge in [0.05, 0.1) is 16.7 Å². The molecule has 0 fully saturated rings. The van der Waals surface area contributed by atoms with Gasteiger partial charge < -0.3 is 4.18 Å². The van der Waals surface area contributed by atoms with E-state index in [0.29, 0.717) is 16.7 Å². The van der Waals surface area contributed by atoms with Gasteiger partial charge in [0.15, 0.2) is 0 Å². The Morgan fingerprint density at radius 3 is 2.73 bits per heavy atom. The Balaban J connectivity index is 2.62. The largest absolute Gasteiger partial charge is 0.315 e. The molecule has 0 aliphatic rings. The van der Waals surface area contributed by atoms with E-state index in [1.165, 1.54) is 12.0 Å². The standard InChI is InChI=1S/C11H12Cl2OS/c1-8(5-6-14-15-2)9-3-4-10(12)11(13)7-9/h3-4,7H,1,5-6H2,2H3. The highest BCUT2D eigenvalue weighted by molar-refractivity contribution is 7.93. The molecule has 0 saturated carbocycles. The van der Waals surface area contributed by atoms with Gasteiger partial charge in [-0.05, 0) is 41.7 Å². The van der Waals surface area contributed by atoms with Crippen LogP contribution in [0.4, 0.5) is 0 Å². The summed E-state index contributed by atoms with van der Waals surface area (Å²) >= 11 is 13.1. The van der Waals surface area contributed by atoms with Gasteiger partial charge in [0.25, 0.3) is 0 Å². The molecule has 1 aromatic carbocycles. The Hall–Kier alpha value is -0.150. The van der Waals surface area contributed by atoms with Crippen molar-refractivity contribution in [2.75, 3.05) is 12.9 Å². The second-order valence-electron chi connectivity index (χ2n) is 2.97. The van der Waals surface area contributed by atoms with Gasteiger partial charge in [-0.1, -0.05) is 35.8 Å². The fourth-order valence-electron chi connectivity index (χ4n) is 1.11. The summed E-state index contributed by atoms with van der Waals surface area (Å²) in [6.07, 6.45) is 2.68. The summed E-state index contributed by atoms with van der Waals surface area (Å²) in [5, 5.41) is 1.12. The van der Waals surface area contributed by atoms with E-state index in [9.17, 15) is 0 Å². The predicted molar refractivity (Wildman–Crippen MR) is 69.6 cm³/mol. The molecule has 0 aromatic heterocycles. The van der Waals surface area contributed by atoms with Crippen LogP contribution in [-0.4, -0.2) is 12.9 Å². The van der Waals surface area contributed by atoms with E-state index in [1.807, 2.05) is 18.4 Å². The second kappa shape index (κ2) is 6.44. The maximum absolute atomic E-state index is 5.91. The van der Waals surface area contributed by atoms with E-state index in [1.54, 1.807) is 6.07 Å². The monoisotopic (exact) mass is 262 g/mol. The molecule has 1 nitrogen and oxygen atoms in total. The Labute approximate surface area is 105 Å². The van der Waals surface area contributed by atoms with Gasteiger partial charge in [-0.3, -0.25) is 0 Å². The highest BCUT2D eigenvalue weighted by atomic mass is 35.5. The van der Waals surface area contributed by atoms with Crippen LogP contribution in [0, 0.1) is 0 Å². The van der Waals surface area contributed by atoms with Gasteiger partial charge in [0.2, 0.25) is 0 Å². The minimum absolute atomic E-state index is 0.557. The molecule has 0 heterocycles. The highest BCUT2D eigenvalue weighted by Gasteiger charge is 2.03. The third-order valence-corrected chi connectivity index (χ3v) is 3.07. The quantitative estimate of drug-likeness (QED) is 0.563. The molecule has 0 saturated heterocycles. The fraction of sp³-hybridized carbons (Fsp3) is 0.273. The lowest BCUT2D eigenvalue weighted by Crippen LogP contribution is -1.90. The fourth-order valence-corrected chi connectivity index (χ4v) is 1.66. The Bertz CT molecular complexity index is 352. The minimum Gasteiger partial charge on any atom is -0.315 e. The first-order chi connectivity index (χ1) is 7.15. The molecule has 0 N–H and O–H groups in total. The lowest BCUT2D eigenvalue weighted by atomic mass is 10.1.